The van der Waals surface area contributed by atoms with Gasteiger partial charge in [0.25, 0.3) is 0 Å². The Bertz CT molecular complexity index is 568. The number of hydrogen-bond donors (Lipinski definition) is 2. The van der Waals surface area contributed by atoms with Crippen molar-refractivity contribution in [3.8, 4) is 11.5 Å². The van der Waals surface area contributed by atoms with Gasteiger partial charge < -0.3 is 19.7 Å². The molecule has 2 N–H and O–H groups in total. The van der Waals surface area contributed by atoms with Crippen LogP contribution in [0.2, 0.25) is 0 Å². The molecule has 0 aliphatic carbocycles. The third kappa shape index (κ3) is 1.60. The van der Waals surface area contributed by atoms with Crippen molar-refractivity contribution in [2.45, 2.75) is 0 Å². The van der Waals surface area contributed by atoms with E-state index in [2.05, 4.69) is 20.5 Å². The van der Waals surface area contributed by atoms with Crippen LogP contribution in [0.4, 0.5) is 17.6 Å². The Balaban J connectivity index is 1.97. The monoisotopic (exact) mass is 247 g/mol. The van der Waals surface area contributed by atoms with Crippen molar-refractivity contribution in [2.75, 3.05) is 31.1 Å². The number of hydrogen-bond acceptors (Lipinski definition) is 6. The van der Waals surface area contributed by atoms with Gasteiger partial charge in [0.2, 0.25) is 18.7 Å². The Morgan fingerprint density at radius 2 is 2.22 bits per heavy atom. The molecule has 0 atom stereocenters. The molecule has 0 fully saturated rings. The van der Waals surface area contributed by atoms with E-state index in [0.717, 1.165) is 17.2 Å². The summed E-state index contributed by atoms with van der Waals surface area (Å²) in [5.74, 6) is 2.71. The quantitative estimate of drug-likeness (QED) is 0.852. The molecular formula is C11H13N5O2. The van der Waals surface area contributed by atoms with Crippen molar-refractivity contribution in [2.24, 2.45) is 0 Å². The highest BCUT2D eigenvalue weighted by atomic mass is 16.7. The minimum absolute atomic E-state index is 0.248. The predicted molar refractivity (Wildman–Crippen MR) is 66.6 cm³/mol. The third-order valence-electron chi connectivity index (χ3n) is 2.77. The van der Waals surface area contributed by atoms with Crippen molar-refractivity contribution in [1.29, 1.82) is 0 Å². The molecule has 1 aliphatic heterocycles. The van der Waals surface area contributed by atoms with Gasteiger partial charge in [0.05, 0.1) is 5.69 Å². The molecule has 18 heavy (non-hydrogen) atoms. The normalized spacial score (nSPS) is 12.6. The van der Waals surface area contributed by atoms with Crippen LogP contribution >= 0.6 is 0 Å². The van der Waals surface area contributed by atoms with E-state index in [-0.39, 0.29) is 6.79 Å². The molecule has 0 spiro atoms. The highest BCUT2D eigenvalue weighted by Gasteiger charge is 2.21. The summed E-state index contributed by atoms with van der Waals surface area (Å²) >= 11 is 0. The van der Waals surface area contributed by atoms with E-state index in [0.29, 0.717) is 11.9 Å². The molecule has 0 amide bonds. The van der Waals surface area contributed by atoms with Crippen LogP contribution in [0.3, 0.4) is 0 Å². The number of benzene rings is 1. The molecule has 2 aromatic rings. The maximum Gasteiger partial charge on any atom is 0.231 e. The summed E-state index contributed by atoms with van der Waals surface area (Å²) in [4.78, 5) is 4.91. The number of nitrogens with zero attached hydrogens (tertiary/aromatic N) is 3. The molecule has 0 radical (unpaired) electrons. The van der Waals surface area contributed by atoms with E-state index in [4.69, 9.17) is 9.47 Å². The first-order valence-electron chi connectivity index (χ1n) is 5.52. The number of nitrogens with one attached hydrogen (secondary N) is 2. The average molecular weight is 247 g/mol. The third-order valence-corrected chi connectivity index (χ3v) is 2.77. The van der Waals surface area contributed by atoms with Gasteiger partial charge in [0.1, 0.15) is 0 Å². The molecule has 94 valence electrons. The molecule has 7 nitrogen and oxygen atoms in total. The van der Waals surface area contributed by atoms with E-state index >= 15 is 0 Å². The van der Waals surface area contributed by atoms with Gasteiger partial charge >= 0.3 is 0 Å². The molecule has 1 aromatic heterocycles. The molecule has 3 rings (SSSR count). The van der Waals surface area contributed by atoms with E-state index in [9.17, 15) is 0 Å². The van der Waals surface area contributed by atoms with E-state index in [1.807, 2.05) is 30.1 Å². The Morgan fingerprint density at radius 1 is 1.33 bits per heavy atom. The zero-order chi connectivity index (χ0) is 12.5. The van der Waals surface area contributed by atoms with Crippen molar-refractivity contribution >= 4 is 17.6 Å². The van der Waals surface area contributed by atoms with Gasteiger partial charge in [0.15, 0.2) is 11.5 Å². The number of anilines is 3. The number of aromatic nitrogens is 3. The van der Waals surface area contributed by atoms with E-state index in [1.54, 1.807) is 7.05 Å². The number of ether oxygens (including phenoxy) is 2. The van der Waals surface area contributed by atoms with Gasteiger partial charge in [-0.2, -0.15) is 0 Å². The largest absolute Gasteiger partial charge is 0.454 e. The Hall–Kier alpha value is -2.44. The minimum Gasteiger partial charge on any atom is -0.454 e. The summed E-state index contributed by atoms with van der Waals surface area (Å²) in [5, 5.41) is 10.9. The fraction of sp³-hybridized carbons (Fsp3) is 0.273. The summed E-state index contributed by atoms with van der Waals surface area (Å²) in [6, 6.07) is 5.73. The topological polar surface area (TPSA) is 75.3 Å². The first-order chi connectivity index (χ1) is 8.79. The van der Waals surface area contributed by atoms with Crippen LogP contribution in [0, 0.1) is 0 Å². The Labute approximate surface area is 104 Å². The van der Waals surface area contributed by atoms with Crippen LogP contribution in [0.1, 0.15) is 0 Å². The van der Waals surface area contributed by atoms with E-state index < -0.39 is 0 Å². The Kier molecular flexibility index (Phi) is 2.44. The van der Waals surface area contributed by atoms with Crippen LogP contribution in [0.15, 0.2) is 18.2 Å². The van der Waals surface area contributed by atoms with Crippen LogP contribution < -0.4 is 19.7 Å². The molecule has 0 unspecified atom stereocenters. The lowest BCUT2D eigenvalue weighted by atomic mass is 10.2. The number of rotatable bonds is 3. The number of fused-ring (bicyclic) bond motifs is 1. The first-order valence-corrected chi connectivity index (χ1v) is 5.52. The summed E-state index contributed by atoms with van der Waals surface area (Å²) in [6.45, 7) is 0.248. The zero-order valence-corrected chi connectivity index (χ0v) is 10.1. The second-order valence-electron chi connectivity index (χ2n) is 3.82. The molecule has 7 heteroatoms. The molecule has 2 heterocycles. The number of aromatic amines is 1. The molecule has 1 aromatic carbocycles. The van der Waals surface area contributed by atoms with Gasteiger partial charge in [-0.05, 0) is 12.1 Å². The van der Waals surface area contributed by atoms with Gasteiger partial charge in [-0.15, -0.1) is 10.2 Å². The van der Waals surface area contributed by atoms with Crippen molar-refractivity contribution < 1.29 is 9.47 Å². The molecule has 0 saturated carbocycles. The maximum absolute atomic E-state index is 5.46. The standard InChI is InChI=1S/C11H13N5O2/c1-12-10-13-11(15-14-10)16(2)7-4-3-5-8-9(7)18-6-17-8/h3-5H,6H2,1-2H3,(H2,12,13,14,15). The van der Waals surface area contributed by atoms with Gasteiger partial charge in [0, 0.05) is 14.1 Å². The highest BCUT2D eigenvalue weighted by molar-refractivity contribution is 5.70. The predicted octanol–water partition coefficient (Wildman–Crippen LogP) is 1.34. The van der Waals surface area contributed by atoms with Crippen LogP contribution in [-0.4, -0.2) is 36.1 Å². The van der Waals surface area contributed by atoms with Crippen molar-refractivity contribution in [3.63, 3.8) is 0 Å². The SMILES string of the molecule is CNc1nnc(N(C)c2cccc3c2OCO3)[nH]1. The van der Waals surface area contributed by atoms with Crippen LogP contribution in [-0.2, 0) is 0 Å². The molecule has 0 saturated heterocycles. The summed E-state index contributed by atoms with van der Waals surface area (Å²) < 4.78 is 10.8. The van der Waals surface area contributed by atoms with Gasteiger partial charge in [-0.3, -0.25) is 4.98 Å². The lowest BCUT2D eigenvalue weighted by Gasteiger charge is -2.16. The van der Waals surface area contributed by atoms with Crippen LogP contribution in [0.5, 0.6) is 11.5 Å². The molecule has 1 aliphatic rings. The Morgan fingerprint density at radius 3 is 3.00 bits per heavy atom. The zero-order valence-electron chi connectivity index (χ0n) is 10.1. The second-order valence-corrected chi connectivity index (χ2v) is 3.82. The lowest BCUT2D eigenvalue weighted by Crippen LogP contribution is -2.12. The summed E-state index contributed by atoms with van der Waals surface area (Å²) in [7, 11) is 3.67. The maximum atomic E-state index is 5.46. The van der Waals surface area contributed by atoms with Crippen LogP contribution in [0.25, 0.3) is 0 Å². The summed E-state index contributed by atoms with van der Waals surface area (Å²) in [6.07, 6.45) is 0. The lowest BCUT2D eigenvalue weighted by molar-refractivity contribution is 0.174. The van der Waals surface area contributed by atoms with Crippen molar-refractivity contribution in [1.82, 2.24) is 15.2 Å². The molecular weight excluding hydrogens is 234 g/mol. The highest BCUT2D eigenvalue weighted by Crippen LogP contribution is 2.41. The smallest absolute Gasteiger partial charge is 0.231 e. The molecule has 0 bridgehead atoms. The van der Waals surface area contributed by atoms with Crippen molar-refractivity contribution in [3.05, 3.63) is 18.2 Å². The van der Waals surface area contributed by atoms with E-state index in [1.165, 1.54) is 0 Å². The number of para-hydroxylation sites is 1. The average Bonchev–Trinajstić information content (AvgIpc) is 3.05. The second kappa shape index (κ2) is 4.10. The first kappa shape index (κ1) is 10.7. The fourth-order valence-corrected chi connectivity index (χ4v) is 1.81. The minimum atomic E-state index is 0.248. The van der Waals surface area contributed by atoms with Gasteiger partial charge in [-0.25, -0.2) is 0 Å². The summed E-state index contributed by atoms with van der Waals surface area (Å²) in [5.41, 5.74) is 0.879. The fourth-order valence-electron chi connectivity index (χ4n) is 1.81. The number of H-pyrrole nitrogens is 1. The van der Waals surface area contributed by atoms with Gasteiger partial charge in [-0.1, -0.05) is 6.07 Å².